The molecule has 1 aromatic carbocycles. The zero-order chi connectivity index (χ0) is 14.4. The molecule has 0 bridgehead atoms. The summed E-state index contributed by atoms with van der Waals surface area (Å²) in [6.07, 6.45) is 2.32. The Morgan fingerprint density at radius 3 is 2.50 bits per heavy atom. The fraction of sp³-hybridized carbons (Fsp3) is 0.375. The van der Waals surface area contributed by atoms with E-state index in [2.05, 4.69) is 28.7 Å². The number of unbranched alkanes of at least 4 members (excludes halogenated alkanes) is 1. The van der Waals surface area contributed by atoms with E-state index < -0.39 is 0 Å². The Morgan fingerprint density at radius 2 is 1.85 bits per heavy atom. The monoisotopic (exact) mass is 270 g/mol. The number of aromatic nitrogens is 2. The molecule has 0 radical (unpaired) electrons. The van der Waals surface area contributed by atoms with Gasteiger partial charge in [0.1, 0.15) is 11.6 Å². The van der Waals surface area contributed by atoms with E-state index in [0.717, 1.165) is 30.9 Å². The Labute approximate surface area is 120 Å². The minimum absolute atomic E-state index is 0.517. The molecule has 0 aliphatic rings. The van der Waals surface area contributed by atoms with Crippen LogP contribution in [0, 0.1) is 0 Å². The molecule has 2 rings (SSSR count). The SMILES string of the molecule is CCCCN(CC)c1cc(N)nc(-c2ccccc2)n1. The number of rotatable bonds is 6. The number of anilines is 2. The first-order valence-corrected chi connectivity index (χ1v) is 7.19. The summed E-state index contributed by atoms with van der Waals surface area (Å²) in [6, 6.07) is 11.8. The summed E-state index contributed by atoms with van der Waals surface area (Å²) in [5, 5.41) is 0. The van der Waals surface area contributed by atoms with Crippen molar-refractivity contribution in [2.24, 2.45) is 0 Å². The first-order chi connectivity index (χ1) is 9.74. The van der Waals surface area contributed by atoms with Crippen LogP contribution < -0.4 is 10.6 Å². The smallest absolute Gasteiger partial charge is 0.163 e. The maximum Gasteiger partial charge on any atom is 0.163 e. The van der Waals surface area contributed by atoms with Crippen LogP contribution in [0.15, 0.2) is 36.4 Å². The molecule has 0 saturated heterocycles. The number of hydrogen-bond acceptors (Lipinski definition) is 4. The lowest BCUT2D eigenvalue weighted by molar-refractivity contribution is 0.723. The topological polar surface area (TPSA) is 55.0 Å². The van der Waals surface area contributed by atoms with E-state index in [0.29, 0.717) is 11.6 Å². The van der Waals surface area contributed by atoms with Crippen molar-refractivity contribution >= 4 is 11.6 Å². The summed E-state index contributed by atoms with van der Waals surface area (Å²) in [7, 11) is 0. The van der Waals surface area contributed by atoms with Gasteiger partial charge in [0.2, 0.25) is 0 Å². The summed E-state index contributed by atoms with van der Waals surface area (Å²) < 4.78 is 0. The van der Waals surface area contributed by atoms with E-state index in [4.69, 9.17) is 5.73 Å². The van der Waals surface area contributed by atoms with Gasteiger partial charge in [0.05, 0.1) is 0 Å². The Balaban J connectivity index is 2.33. The van der Waals surface area contributed by atoms with Crippen LogP contribution in [0.1, 0.15) is 26.7 Å². The molecule has 2 aromatic rings. The van der Waals surface area contributed by atoms with Gasteiger partial charge in [0, 0.05) is 24.7 Å². The molecule has 0 unspecified atom stereocenters. The Bertz CT molecular complexity index is 539. The van der Waals surface area contributed by atoms with Gasteiger partial charge < -0.3 is 10.6 Å². The molecule has 20 heavy (non-hydrogen) atoms. The predicted octanol–water partition coefficient (Wildman–Crippen LogP) is 3.35. The molecule has 106 valence electrons. The van der Waals surface area contributed by atoms with Crippen molar-refractivity contribution in [2.45, 2.75) is 26.7 Å². The van der Waals surface area contributed by atoms with Crippen LogP contribution >= 0.6 is 0 Å². The first-order valence-electron chi connectivity index (χ1n) is 7.19. The number of benzene rings is 1. The summed E-state index contributed by atoms with van der Waals surface area (Å²) in [5.74, 6) is 2.12. The Hall–Kier alpha value is -2.10. The first kappa shape index (κ1) is 14.3. The maximum atomic E-state index is 5.94. The van der Waals surface area contributed by atoms with Crippen LogP contribution in [0.2, 0.25) is 0 Å². The van der Waals surface area contributed by atoms with Crippen LogP contribution in [-0.2, 0) is 0 Å². The van der Waals surface area contributed by atoms with Gasteiger partial charge in [0.25, 0.3) is 0 Å². The van der Waals surface area contributed by atoms with E-state index in [1.54, 1.807) is 0 Å². The van der Waals surface area contributed by atoms with Crippen molar-refractivity contribution in [3.8, 4) is 11.4 Å². The van der Waals surface area contributed by atoms with Crippen LogP contribution in [0.4, 0.5) is 11.6 Å². The summed E-state index contributed by atoms with van der Waals surface area (Å²) in [4.78, 5) is 11.2. The maximum absolute atomic E-state index is 5.94. The largest absolute Gasteiger partial charge is 0.384 e. The fourth-order valence-corrected chi connectivity index (χ4v) is 2.11. The second-order valence-electron chi connectivity index (χ2n) is 4.77. The highest BCUT2D eigenvalue weighted by Gasteiger charge is 2.10. The normalized spacial score (nSPS) is 10.5. The van der Waals surface area contributed by atoms with Gasteiger partial charge in [-0.05, 0) is 13.3 Å². The van der Waals surface area contributed by atoms with Crippen molar-refractivity contribution in [3.05, 3.63) is 36.4 Å². The highest BCUT2D eigenvalue weighted by molar-refractivity contribution is 5.60. The Morgan fingerprint density at radius 1 is 1.10 bits per heavy atom. The van der Waals surface area contributed by atoms with Crippen LogP contribution in [0.5, 0.6) is 0 Å². The molecule has 0 aliphatic carbocycles. The zero-order valence-electron chi connectivity index (χ0n) is 12.2. The second-order valence-corrected chi connectivity index (χ2v) is 4.77. The molecule has 0 spiro atoms. The molecule has 1 aromatic heterocycles. The van der Waals surface area contributed by atoms with Gasteiger partial charge in [0.15, 0.2) is 5.82 Å². The lowest BCUT2D eigenvalue weighted by Gasteiger charge is -2.22. The molecule has 0 aliphatic heterocycles. The number of nitrogen functional groups attached to an aromatic ring is 1. The van der Waals surface area contributed by atoms with Crippen molar-refractivity contribution < 1.29 is 0 Å². The van der Waals surface area contributed by atoms with E-state index in [1.165, 1.54) is 6.42 Å². The van der Waals surface area contributed by atoms with Gasteiger partial charge in [-0.25, -0.2) is 9.97 Å². The number of nitrogens with zero attached hydrogens (tertiary/aromatic N) is 3. The standard InChI is InChI=1S/C16H22N4/c1-3-5-11-20(4-2)15-12-14(17)18-16(19-15)13-9-7-6-8-10-13/h6-10,12H,3-5,11H2,1-2H3,(H2,17,18,19). The molecule has 4 heteroatoms. The van der Waals surface area contributed by atoms with Crippen molar-refractivity contribution in [1.29, 1.82) is 0 Å². The van der Waals surface area contributed by atoms with Crippen LogP contribution in [0.3, 0.4) is 0 Å². The summed E-state index contributed by atoms with van der Waals surface area (Å²) in [5.41, 5.74) is 6.93. The zero-order valence-corrected chi connectivity index (χ0v) is 12.2. The molecule has 0 amide bonds. The molecule has 2 N–H and O–H groups in total. The van der Waals surface area contributed by atoms with Crippen molar-refractivity contribution in [2.75, 3.05) is 23.7 Å². The molecule has 0 atom stereocenters. The van der Waals surface area contributed by atoms with Gasteiger partial charge in [-0.2, -0.15) is 0 Å². The quantitative estimate of drug-likeness (QED) is 0.874. The number of hydrogen-bond donors (Lipinski definition) is 1. The molecule has 0 saturated carbocycles. The van der Waals surface area contributed by atoms with E-state index in [-0.39, 0.29) is 0 Å². The molecule has 0 fully saturated rings. The van der Waals surface area contributed by atoms with Gasteiger partial charge >= 0.3 is 0 Å². The molecule has 1 heterocycles. The van der Waals surface area contributed by atoms with E-state index in [1.807, 2.05) is 36.4 Å². The predicted molar refractivity (Wildman–Crippen MR) is 84.7 cm³/mol. The lowest BCUT2D eigenvalue weighted by atomic mass is 10.2. The van der Waals surface area contributed by atoms with Crippen LogP contribution in [0.25, 0.3) is 11.4 Å². The molecule has 4 nitrogen and oxygen atoms in total. The summed E-state index contributed by atoms with van der Waals surface area (Å²) >= 11 is 0. The van der Waals surface area contributed by atoms with Crippen LogP contribution in [-0.4, -0.2) is 23.1 Å². The summed E-state index contributed by atoms with van der Waals surface area (Å²) in [6.45, 7) is 6.25. The Kier molecular flexibility index (Phi) is 4.93. The average molecular weight is 270 g/mol. The third kappa shape index (κ3) is 3.47. The third-order valence-corrected chi connectivity index (χ3v) is 3.25. The van der Waals surface area contributed by atoms with E-state index in [9.17, 15) is 0 Å². The van der Waals surface area contributed by atoms with Gasteiger partial charge in [-0.1, -0.05) is 43.7 Å². The van der Waals surface area contributed by atoms with Crippen molar-refractivity contribution in [1.82, 2.24) is 9.97 Å². The van der Waals surface area contributed by atoms with Gasteiger partial charge in [-0.3, -0.25) is 0 Å². The van der Waals surface area contributed by atoms with Crippen molar-refractivity contribution in [3.63, 3.8) is 0 Å². The minimum Gasteiger partial charge on any atom is -0.384 e. The number of nitrogens with two attached hydrogens (primary N) is 1. The highest BCUT2D eigenvalue weighted by Crippen LogP contribution is 2.21. The average Bonchev–Trinajstić information content (AvgIpc) is 2.48. The van der Waals surface area contributed by atoms with Gasteiger partial charge in [-0.15, -0.1) is 0 Å². The second kappa shape index (κ2) is 6.89. The van der Waals surface area contributed by atoms with E-state index >= 15 is 0 Å². The lowest BCUT2D eigenvalue weighted by Crippen LogP contribution is -2.25. The minimum atomic E-state index is 0.517. The highest BCUT2D eigenvalue weighted by atomic mass is 15.2. The third-order valence-electron chi connectivity index (χ3n) is 3.25. The fourth-order valence-electron chi connectivity index (χ4n) is 2.11. The molecular formula is C16H22N4. The molecular weight excluding hydrogens is 248 g/mol.